The SMILES string of the molecule is CCC1(CC)CC(NC(=O)N(C)CC(C)C(=O)O)CCO1. The number of carboxylic acid groups (broad SMARTS) is 1. The van der Waals surface area contributed by atoms with Gasteiger partial charge in [-0.15, -0.1) is 0 Å². The molecule has 1 saturated heterocycles. The van der Waals surface area contributed by atoms with E-state index in [4.69, 9.17) is 9.84 Å². The number of nitrogens with zero attached hydrogens (tertiary/aromatic N) is 1. The Labute approximate surface area is 126 Å². The lowest BCUT2D eigenvalue weighted by atomic mass is 9.86. The molecule has 0 radical (unpaired) electrons. The minimum atomic E-state index is -0.892. The number of nitrogens with one attached hydrogen (secondary N) is 1. The smallest absolute Gasteiger partial charge is 0.317 e. The largest absolute Gasteiger partial charge is 0.481 e. The summed E-state index contributed by atoms with van der Waals surface area (Å²) in [6.07, 6.45) is 3.48. The maximum absolute atomic E-state index is 12.1. The van der Waals surface area contributed by atoms with Crippen molar-refractivity contribution in [3.8, 4) is 0 Å². The van der Waals surface area contributed by atoms with Gasteiger partial charge in [0.1, 0.15) is 0 Å². The Morgan fingerprint density at radius 1 is 1.43 bits per heavy atom. The van der Waals surface area contributed by atoms with Gasteiger partial charge in [0, 0.05) is 26.2 Å². The van der Waals surface area contributed by atoms with Crippen LogP contribution in [0.3, 0.4) is 0 Å². The van der Waals surface area contributed by atoms with E-state index < -0.39 is 11.9 Å². The highest BCUT2D eigenvalue weighted by molar-refractivity contribution is 5.76. The van der Waals surface area contributed by atoms with Crippen LogP contribution in [0.5, 0.6) is 0 Å². The second-order valence-corrected chi connectivity index (χ2v) is 6.00. The molecule has 0 aromatic rings. The van der Waals surface area contributed by atoms with Crippen LogP contribution < -0.4 is 5.32 Å². The van der Waals surface area contributed by atoms with Crippen molar-refractivity contribution in [3.63, 3.8) is 0 Å². The third kappa shape index (κ3) is 4.88. The minimum absolute atomic E-state index is 0.0914. The second kappa shape index (κ2) is 7.64. The van der Waals surface area contributed by atoms with Crippen molar-refractivity contribution in [2.45, 2.75) is 58.1 Å². The molecule has 0 bridgehead atoms. The molecule has 1 aliphatic heterocycles. The van der Waals surface area contributed by atoms with Crippen LogP contribution in [0.15, 0.2) is 0 Å². The average Bonchev–Trinajstić information content (AvgIpc) is 2.47. The van der Waals surface area contributed by atoms with E-state index in [1.165, 1.54) is 4.90 Å². The van der Waals surface area contributed by atoms with Gasteiger partial charge in [-0.2, -0.15) is 0 Å². The molecule has 2 atom stereocenters. The summed E-state index contributed by atoms with van der Waals surface area (Å²) in [5.74, 6) is -1.46. The standard InChI is InChI=1S/C15H28N2O4/c1-5-15(6-2)9-12(7-8-21-15)16-14(20)17(4)10-11(3)13(18)19/h11-12H,5-10H2,1-4H3,(H,16,20)(H,18,19). The van der Waals surface area contributed by atoms with Gasteiger partial charge in [0.2, 0.25) is 0 Å². The van der Waals surface area contributed by atoms with Gasteiger partial charge in [0.15, 0.2) is 0 Å². The molecule has 0 saturated carbocycles. The normalized spacial score (nSPS) is 22.4. The van der Waals surface area contributed by atoms with Gasteiger partial charge in [-0.1, -0.05) is 20.8 Å². The molecule has 1 aliphatic rings. The van der Waals surface area contributed by atoms with Crippen LogP contribution in [-0.2, 0) is 9.53 Å². The second-order valence-electron chi connectivity index (χ2n) is 6.00. The number of carbonyl (C=O) groups excluding carboxylic acids is 1. The van der Waals surface area contributed by atoms with E-state index in [9.17, 15) is 9.59 Å². The lowest BCUT2D eigenvalue weighted by Crippen LogP contribution is -2.51. The monoisotopic (exact) mass is 300 g/mol. The number of urea groups is 1. The number of rotatable bonds is 6. The van der Waals surface area contributed by atoms with Gasteiger partial charge >= 0.3 is 12.0 Å². The molecule has 0 aliphatic carbocycles. The zero-order chi connectivity index (χ0) is 16.0. The first-order valence-corrected chi connectivity index (χ1v) is 7.72. The van der Waals surface area contributed by atoms with Crippen molar-refractivity contribution < 1.29 is 19.4 Å². The van der Waals surface area contributed by atoms with Gasteiger partial charge in [-0.3, -0.25) is 4.79 Å². The Bertz CT molecular complexity index is 369. The zero-order valence-electron chi connectivity index (χ0n) is 13.5. The number of amides is 2. The predicted octanol–water partition coefficient (Wildman–Crippen LogP) is 2.09. The first-order chi connectivity index (χ1) is 9.83. The molecule has 2 amide bonds. The molecule has 0 aromatic carbocycles. The highest BCUT2D eigenvalue weighted by atomic mass is 16.5. The van der Waals surface area contributed by atoms with Gasteiger partial charge in [-0.25, -0.2) is 4.79 Å². The fourth-order valence-electron chi connectivity index (χ4n) is 2.75. The summed E-state index contributed by atoms with van der Waals surface area (Å²) in [6.45, 7) is 6.67. The molecule has 0 spiro atoms. The average molecular weight is 300 g/mol. The van der Waals surface area contributed by atoms with Gasteiger partial charge < -0.3 is 20.1 Å². The molecule has 21 heavy (non-hydrogen) atoms. The molecule has 122 valence electrons. The molecule has 6 nitrogen and oxygen atoms in total. The van der Waals surface area contributed by atoms with E-state index in [0.717, 1.165) is 25.7 Å². The number of hydrogen-bond acceptors (Lipinski definition) is 3. The Kier molecular flexibility index (Phi) is 6.45. The molecule has 6 heteroatoms. The van der Waals surface area contributed by atoms with Crippen molar-refractivity contribution in [1.29, 1.82) is 0 Å². The number of hydrogen-bond donors (Lipinski definition) is 2. The van der Waals surface area contributed by atoms with E-state index in [1.807, 2.05) is 0 Å². The topological polar surface area (TPSA) is 78.9 Å². The van der Waals surface area contributed by atoms with E-state index in [-0.39, 0.29) is 24.2 Å². The third-order valence-corrected chi connectivity index (χ3v) is 4.43. The Morgan fingerprint density at radius 2 is 2.05 bits per heavy atom. The number of ether oxygens (including phenoxy) is 1. The third-order valence-electron chi connectivity index (χ3n) is 4.43. The maximum Gasteiger partial charge on any atom is 0.317 e. The van der Waals surface area contributed by atoms with Crippen LogP contribution in [0.2, 0.25) is 0 Å². The first kappa shape index (κ1) is 17.8. The minimum Gasteiger partial charge on any atom is -0.481 e. The fourth-order valence-corrected chi connectivity index (χ4v) is 2.75. The van der Waals surface area contributed by atoms with Crippen LogP contribution in [0.4, 0.5) is 4.79 Å². The van der Waals surface area contributed by atoms with Crippen LogP contribution in [0, 0.1) is 5.92 Å². The Hall–Kier alpha value is -1.30. The molecule has 1 rings (SSSR count). The molecule has 1 heterocycles. The summed E-state index contributed by atoms with van der Waals surface area (Å²) in [5, 5.41) is 11.9. The van der Waals surface area contributed by atoms with Crippen molar-refractivity contribution >= 4 is 12.0 Å². The van der Waals surface area contributed by atoms with E-state index in [0.29, 0.717) is 6.61 Å². The summed E-state index contributed by atoms with van der Waals surface area (Å²) < 4.78 is 5.89. The lowest BCUT2D eigenvalue weighted by molar-refractivity contribution is -0.141. The van der Waals surface area contributed by atoms with Crippen molar-refractivity contribution in [1.82, 2.24) is 10.2 Å². The zero-order valence-corrected chi connectivity index (χ0v) is 13.5. The predicted molar refractivity (Wildman–Crippen MR) is 80.2 cm³/mol. The van der Waals surface area contributed by atoms with E-state index in [1.54, 1.807) is 14.0 Å². The molecule has 0 aromatic heterocycles. The summed E-state index contributed by atoms with van der Waals surface area (Å²) in [7, 11) is 1.63. The van der Waals surface area contributed by atoms with Crippen molar-refractivity contribution in [2.75, 3.05) is 20.2 Å². The van der Waals surface area contributed by atoms with Gasteiger partial charge in [0.05, 0.1) is 11.5 Å². The lowest BCUT2D eigenvalue weighted by Gasteiger charge is -2.40. The van der Waals surface area contributed by atoms with Crippen LogP contribution in [-0.4, -0.2) is 53.8 Å². The van der Waals surface area contributed by atoms with Crippen molar-refractivity contribution in [3.05, 3.63) is 0 Å². The summed E-state index contributed by atoms with van der Waals surface area (Å²) in [5.41, 5.74) is -0.136. The number of carboxylic acids is 1. The van der Waals surface area contributed by atoms with Gasteiger partial charge in [-0.05, 0) is 25.7 Å². The molecular formula is C15H28N2O4. The van der Waals surface area contributed by atoms with Crippen molar-refractivity contribution in [2.24, 2.45) is 5.92 Å². The molecule has 2 N–H and O–H groups in total. The van der Waals surface area contributed by atoms with E-state index in [2.05, 4.69) is 19.2 Å². The quantitative estimate of drug-likeness (QED) is 0.787. The summed E-state index contributed by atoms with van der Waals surface area (Å²) >= 11 is 0. The highest BCUT2D eigenvalue weighted by Gasteiger charge is 2.35. The Morgan fingerprint density at radius 3 is 2.57 bits per heavy atom. The molecule has 1 fully saturated rings. The van der Waals surface area contributed by atoms with Gasteiger partial charge in [0.25, 0.3) is 0 Å². The van der Waals surface area contributed by atoms with Crippen LogP contribution >= 0.6 is 0 Å². The first-order valence-electron chi connectivity index (χ1n) is 7.72. The van der Waals surface area contributed by atoms with E-state index >= 15 is 0 Å². The summed E-state index contributed by atoms with van der Waals surface area (Å²) in [6, 6.07) is -0.121. The maximum atomic E-state index is 12.1. The van der Waals surface area contributed by atoms with Crippen LogP contribution in [0.25, 0.3) is 0 Å². The molecule has 2 unspecified atom stereocenters. The fraction of sp³-hybridized carbons (Fsp3) is 0.867. The Balaban J connectivity index is 2.52. The molecular weight excluding hydrogens is 272 g/mol. The number of carbonyl (C=O) groups is 2. The van der Waals surface area contributed by atoms with Crippen LogP contribution in [0.1, 0.15) is 46.5 Å². The number of aliphatic carboxylic acids is 1. The summed E-state index contributed by atoms with van der Waals surface area (Å²) in [4.78, 5) is 24.4. The highest BCUT2D eigenvalue weighted by Crippen LogP contribution is 2.31.